The van der Waals surface area contributed by atoms with Crippen LogP contribution in [0.2, 0.25) is 0 Å². The molecule has 0 radical (unpaired) electrons. The maximum atomic E-state index is 6.12. The Kier molecular flexibility index (Phi) is 13.7. The molecule has 0 aliphatic carbocycles. The van der Waals surface area contributed by atoms with Crippen LogP contribution >= 0.6 is 0 Å². The van der Waals surface area contributed by atoms with Gasteiger partial charge in [-0.3, -0.25) is 19.6 Å². The molecule has 12 rings (SSSR count). The smallest absolute Gasteiger partial charge is 0.142 e. The molecule has 0 bridgehead atoms. The molecular formula is C63H62N4O4. The zero-order chi connectivity index (χ0) is 48.0. The average molecular weight is 939 g/mol. The number of rotatable bonds is 11. The molecule has 0 amide bonds. The van der Waals surface area contributed by atoms with Crippen molar-refractivity contribution in [3.05, 3.63) is 250 Å². The van der Waals surface area contributed by atoms with E-state index in [1.54, 1.807) is 0 Å². The van der Waals surface area contributed by atoms with E-state index in [0.29, 0.717) is 26.9 Å². The largest absolute Gasteiger partial charge is 0.478 e. The average Bonchev–Trinajstić information content (AvgIpc) is 3.41. The standard InChI is InChI=1S/C33H34N2O2.C30H28N2O2/c1-33(2,29-13-15-31-27(17-29)21-34(23-36-31)19-25-9-5-3-6-10-25)30-14-16-32-28(18-30)22-35(24-37-32)20-26-11-7-4-8-12-26;1-3-7-23(8-4-1)17-31-19-27-15-25(11-13-29(27)33-21-31)26-12-14-30-28(16-26)20-32(22-34-30)18-24-9-5-2-6-10-24/h3-18H,19-24H2,1-2H3;1-16H,17-22H2. The van der Waals surface area contributed by atoms with Crippen molar-refractivity contribution in [3.8, 4) is 34.1 Å². The number of ether oxygens (including phenoxy) is 4. The summed E-state index contributed by atoms with van der Waals surface area (Å²) >= 11 is 0. The van der Waals surface area contributed by atoms with E-state index < -0.39 is 0 Å². The van der Waals surface area contributed by atoms with Gasteiger partial charge < -0.3 is 18.9 Å². The molecule has 0 fully saturated rings. The van der Waals surface area contributed by atoms with Crippen LogP contribution in [0.25, 0.3) is 11.1 Å². The van der Waals surface area contributed by atoms with Crippen LogP contribution in [0.15, 0.2) is 194 Å². The zero-order valence-corrected chi connectivity index (χ0v) is 40.9. The summed E-state index contributed by atoms with van der Waals surface area (Å²) in [5.74, 6) is 3.98. The minimum Gasteiger partial charge on any atom is -0.478 e. The molecule has 4 heterocycles. The lowest BCUT2D eigenvalue weighted by molar-refractivity contribution is 0.0884. The normalized spacial score (nSPS) is 15.7. The van der Waals surface area contributed by atoms with Crippen molar-refractivity contribution >= 4 is 0 Å². The summed E-state index contributed by atoms with van der Waals surface area (Å²) in [5, 5.41) is 0. The van der Waals surface area contributed by atoms with E-state index in [-0.39, 0.29) is 5.41 Å². The molecule has 8 nitrogen and oxygen atoms in total. The van der Waals surface area contributed by atoms with Crippen LogP contribution in [0.3, 0.4) is 0 Å². The van der Waals surface area contributed by atoms with Gasteiger partial charge in [-0.05, 0) is 93.0 Å². The Bertz CT molecular complexity index is 2850. The molecule has 0 N–H and O–H groups in total. The van der Waals surface area contributed by atoms with Gasteiger partial charge in [0.25, 0.3) is 0 Å². The van der Waals surface area contributed by atoms with E-state index >= 15 is 0 Å². The molecule has 8 heteroatoms. The first-order chi connectivity index (χ1) is 34.8. The summed E-state index contributed by atoms with van der Waals surface area (Å²) < 4.78 is 24.4. The highest BCUT2D eigenvalue weighted by molar-refractivity contribution is 5.68. The lowest BCUT2D eigenvalue weighted by Gasteiger charge is -2.33. The second-order valence-corrected chi connectivity index (χ2v) is 19.9. The van der Waals surface area contributed by atoms with E-state index in [0.717, 1.165) is 75.4 Å². The molecular weight excluding hydrogens is 877 g/mol. The van der Waals surface area contributed by atoms with Crippen LogP contribution < -0.4 is 18.9 Å². The van der Waals surface area contributed by atoms with Gasteiger partial charge in [0.15, 0.2) is 0 Å². The predicted octanol–water partition coefficient (Wildman–Crippen LogP) is 12.8. The monoisotopic (exact) mass is 938 g/mol. The molecule has 8 aromatic carbocycles. The molecule has 8 aromatic rings. The van der Waals surface area contributed by atoms with Gasteiger partial charge in [-0.15, -0.1) is 0 Å². The topological polar surface area (TPSA) is 49.9 Å². The molecule has 71 heavy (non-hydrogen) atoms. The minimum absolute atomic E-state index is 0.145. The molecule has 4 aliphatic rings. The highest BCUT2D eigenvalue weighted by Gasteiger charge is 2.29. The first kappa shape index (κ1) is 46.2. The van der Waals surface area contributed by atoms with Gasteiger partial charge >= 0.3 is 0 Å². The SMILES string of the molecule is CC(C)(c1ccc2c(c1)CN(Cc1ccccc1)CO2)c1ccc2c(c1)CN(Cc1ccccc1)CO2.c1ccc(CN2COc3ccc(-c4ccc5c(c4)CN(Cc4ccccc4)CO5)cc3C2)cc1. The summed E-state index contributed by atoms with van der Waals surface area (Å²) in [6.07, 6.45) is 0. The van der Waals surface area contributed by atoms with Gasteiger partial charge in [0, 0.05) is 80.0 Å². The van der Waals surface area contributed by atoms with Crippen molar-refractivity contribution in [2.75, 3.05) is 26.9 Å². The maximum Gasteiger partial charge on any atom is 0.142 e. The Morgan fingerprint density at radius 1 is 0.324 bits per heavy atom. The molecule has 0 aromatic heterocycles. The zero-order valence-electron chi connectivity index (χ0n) is 40.9. The Morgan fingerprint density at radius 3 is 0.887 bits per heavy atom. The number of fused-ring (bicyclic) bond motifs is 4. The summed E-state index contributed by atoms with van der Waals surface area (Å²) in [6, 6.07) is 68.9. The van der Waals surface area contributed by atoms with Crippen LogP contribution in [-0.2, 0) is 57.8 Å². The van der Waals surface area contributed by atoms with E-state index in [1.807, 2.05) is 0 Å². The van der Waals surface area contributed by atoms with Crippen molar-refractivity contribution in [3.63, 3.8) is 0 Å². The molecule has 0 saturated heterocycles. The van der Waals surface area contributed by atoms with Crippen LogP contribution in [0.5, 0.6) is 23.0 Å². The fraction of sp³-hybridized carbons (Fsp3) is 0.238. The molecule has 0 spiro atoms. The Balaban J connectivity index is 0.000000155. The fourth-order valence-corrected chi connectivity index (χ4v) is 10.2. The van der Waals surface area contributed by atoms with Crippen molar-refractivity contribution in [2.24, 2.45) is 0 Å². The maximum absolute atomic E-state index is 6.12. The van der Waals surface area contributed by atoms with Crippen LogP contribution in [0.4, 0.5) is 0 Å². The van der Waals surface area contributed by atoms with E-state index in [1.165, 1.54) is 66.8 Å². The van der Waals surface area contributed by atoms with Gasteiger partial charge in [-0.1, -0.05) is 159 Å². The van der Waals surface area contributed by atoms with E-state index in [9.17, 15) is 0 Å². The third-order valence-corrected chi connectivity index (χ3v) is 14.2. The van der Waals surface area contributed by atoms with Crippen LogP contribution in [0.1, 0.15) is 69.5 Å². The Labute approximate surface area is 419 Å². The lowest BCUT2D eigenvalue weighted by atomic mass is 9.77. The summed E-state index contributed by atoms with van der Waals surface area (Å²) in [7, 11) is 0. The van der Waals surface area contributed by atoms with Gasteiger partial charge in [0.2, 0.25) is 0 Å². The van der Waals surface area contributed by atoms with Crippen molar-refractivity contribution < 1.29 is 18.9 Å². The third-order valence-electron chi connectivity index (χ3n) is 14.2. The highest BCUT2D eigenvalue weighted by atomic mass is 16.5. The number of hydrogen-bond donors (Lipinski definition) is 0. The number of benzene rings is 8. The second-order valence-electron chi connectivity index (χ2n) is 19.9. The molecule has 0 atom stereocenters. The number of nitrogens with zero attached hydrogens (tertiary/aromatic N) is 4. The first-order valence-corrected chi connectivity index (χ1v) is 24.9. The van der Waals surface area contributed by atoms with Gasteiger partial charge in [0.05, 0.1) is 0 Å². The summed E-state index contributed by atoms with van der Waals surface area (Å²) in [6.45, 7) is 14.2. The van der Waals surface area contributed by atoms with Gasteiger partial charge in [0.1, 0.15) is 49.9 Å². The Hall–Kier alpha value is -7.20. The minimum atomic E-state index is -0.145. The first-order valence-electron chi connectivity index (χ1n) is 24.9. The quantitative estimate of drug-likeness (QED) is 0.127. The highest BCUT2D eigenvalue weighted by Crippen LogP contribution is 2.39. The van der Waals surface area contributed by atoms with Crippen molar-refractivity contribution in [2.45, 2.75) is 71.6 Å². The van der Waals surface area contributed by atoms with Crippen LogP contribution in [-0.4, -0.2) is 46.5 Å². The Morgan fingerprint density at radius 2 is 0.592 bits per heavy atom. The fourth-order valence-electron chi connectivity index (χ4n) is 10.2. The van der Waals surface area contributed by atoms with Gasteiger partial charge in [-0.25, -0.2) is 0 Å². The predicted molar refractivity (Wildman–Crippen MR) is 282 cm³/mol. The van der Waals surface area contributed by atoms with Gasteiger partial charge in [-0.2, -0.15) is 0 Å². The molecule has 0 saturated carbocycles. The number of hydrogen-bond acceptors (Lipinski definition) is 8. The van der Waals surface area contributed by atoms with Crippen molar-refractivity contribution in [1.82, 2.24) is 19.6 Å². The summed E-state index contributed by atoms with van der Waals surface area (Å²) in [5.41, 5.74) is 15.1. The lowest BCUT2D eigenvalue weighted by Crippen LogP contribution is -2.32. The third kappa shape index (κ3) is 11.1. The molecule has 4 aliphatic heterocycles. The van der Waals surface area contributed by atoms with Crippen molar-refractivity contribution in [1.29, 1.82) is 0 Å². The summed E-state index contributed by atoms with van der Waals surface area (Å²) in [4.78, 5) is 9.38. The molecule has 358 valence electrons. The van der Waals surface area contributed by atoms with Crippen LogP contribution in [0, 0.1) is 0 Å². The molecule has 0 unspecified atom stereocenters. The second kappa shape index (κ2) is 21.0. The van der Waals surface area contributed by atoms with E-state index in [4.69, 9.17) is 18.9 Å². The van der Waals surface area contributed by atoms with E-state index in [2.05, 4.69) is 228 Å².